The minimum absolute atomic E-state index is 0.0177. The molecule has 0 spiro atoms. The van der Waals surface area contributed by atoms with E-state index in [-0.39, 0.29) is 5.69 Å². The summed E-state index contributed by atoms with van der Waals surface area (Å²) in [6.45, 7) is 0.407. The van der Waals surface area contributed by atoms with Crippen molar-refractivity contribution in [2.45, 2.75) is 5.22 Å². The number of nitrogens with zero attached hydrogens (tertiary/aromatic N) is 2. The first kappa shape index (κ1) is 14.4. The molecular weight excluding hydrogens is 304 g/mol. The molecule has 0 radical (unpaired) electrons. The minimum atomic E-state index is -0.445. The Kier molecular flexibility index (Phi) is 4.24. The molecule has 0 bridgehead atoms. The van der Waals surface area contributed by atoms with Crippen molar-refractivity contribution in [1.82, 2.24) is 4.98 Å². The number of nitro groups is 1. The lowest BCUT2D eigenvalue weighted by Gasteiger charge is -2.04. The van der Waals surface area contributed by atoms with Gasteiger partial charge < -0.3 is 9.15 Å². The smallest absolute Gasteiger partial charge is 0.273 e. The molecule has 0 saturated heterocycles. The van der Waals surface area contributed by atoms with E-state index < -0.39 is 4.92 Å². The predicted octanol–water partition coefficient (Wildman–Crippen LogP) is 3.91. The molecule has 1 aromatic heterocycles. The Hall–Kier alpha value is -2.54. The summed E-state index contributed by atoms with van der Waals surface area (Å²) in [6, 6.07) is 13.7. The third-order valence-corrected chi connectivity index (χ3v) is 3.67. The van der Waals surface area contributed by atoms with Gasteiger partial charge >= 0.3 is 0 Å². The van der Waals surface area contributed by atoms with Crippen LogP contribution in [0.3, 0.4) is 0 Å². The van der Waals surface area contributed by atoms with Gasteiger partial charge in [-0.15, -0.1) is 0 Å². The Bertz CT molecular complexity index is 770. The van der Waals surface area contributed by atoms with E-state index in [0.29, 0.717) is 23.3 Å². The highest BCUT2D eigenvalue weighted by atomic mass is 32.2. The number of benzene rings is 2. The molecule has 3 rings (SSSR count). The standard InChI is InChI=1S/C15H12N2O4S/c18-17(19)11-4-3-5-12(10-11)20-8-9-22-15-16-13-6-1-2-7-14(13)21-15/h1-7,10H,8-9H2. The molecule has 2 aromatic carbocycles. The highest BCUT2D eigenvalue weighted by Crippen LogP contribution is 2.23. The van der Waals surface area contributed by atoms with Gasteiger partial charge in [-0.05, 0) is 18.2 Å². The second-order valence-corrected chi connectivity index (χ2v) is 5.45. The lowest BCUT2D eigenvalue weighted by molar-refractivity contribution is -0.384. The number of aromatic nitrogens is 1. The van der Waals surface area contributed by atoms with Gasteiger partial charge in [0.1, 0.15) is 11.3 Å². The summed E-state index contributed by atoms with van der Waals surface area (Å²) in [5.41, 5.74) is 1.60. The molecule has 0 amide bonds. The summed E-state index contributed by atoms with van der Waals surface area (Å²) >= 11 is 1.44. The van der Waals surface area contributed by atoms with Gasteiger partial charge in [-0.3, -0.25) is 10.1 Å². The first-order valence-electron chi connectivity index (χ1n) is 6.58. The van der Waals surface area contributed by atoms with Crippen molar-refractivity contribution in [3.63, 3.8) is 0 Å². The molecule has 0 atom stereocenters. The number of hydrogen-bond donors (Lipinski definition) is 0. The Morgan fingerprint density at radius 3 is 2.91 bits per heavy atom. The van der Waals surface area contributed by atoms with Crippen LogP contribution in [0.15, 0.2) is 58.2 Å². The van der Waals surface area contributed by atoms with Crippen molar-refractivity contribution in [2.24, 2.45) is 0 Å². The topological polar surface area (TPSA) is 78.4 Å². The summed E-state index contributed by atoms with van der Waals surface area (Å²) in [5, 5.41) is 11.3. The zero-order valence-electron chi connectivity index (χ0n) is 11.5. The Balaban J connectivity index is 1.53. The van der Waals surface area contributed by atoms with Crippen LogP contribution in [0, 0.1) is 10.1 Å². The van der Waals surface area contributed by atoms with Crippen LogP contribution < -0.4 is 4.74 Å². The van der Waals surface area contributed by atoms with Gasteiger partial charge in [0.05, 0.1) is 17.6 Å². The molecule has 0 saturated carbocycles. The minimum Gasteiger partial charge on any atom is -0.492 e. The zero-order chi connectivity index (χ0) is 15.4. The van der Waals surface area contributed by atoms with E-state index in [0.717, 1.165) is 11.1 Å². The summed E-state index contributed by atoms with van der Waals surface area (Å²) in [7, 11) is 0. The van der Waals surface area contributed by atoms with Crippen LogP contribution in [0.4, 0.5) is 5.69 Å². The van der Waals surface area contributed by atoms with Crippen molar-refractivity contribution in [2.75, 3.05) is 12.4 Å². The Morgan fingerprint density at radius 1 is 1.23 bits per heavy atom. The van der Waals surface area contributed by atoms with Crippen molar-refractivity contribution in [1.29, 1.82) is 0 Å². The van der Waals surface area contributed by atoms with E-state index in [1.807, 2.05) is 24.3 Å². The molecule has 1 heterocycles. The quantitative estimate of drug-likeness (QED) is 0.297. The van der Waals surface area contributed by atoms with E-state index in [9.17, 15) is 10.1 Å². The van der Waals surface area contributed by atoms with Crippen molar-refractivity contribution in [3.8, 4) is 5.75 Å². The normalized spacial score (nSPS) is 10.7. The van der Waals surface area contributed by atoms with Crippen LogP contribution in [0.5, 0.6) is 5.75 Å². The number of ether oxygens (including phenoxy) is 1. The van der Waals surface area contributed by atoms with E-state index >= 15 is 0 Å². The monoisotopic (exact) mass is 316 g/mol. The van der Waals surface area contributed by atoms with Crippen molar-refractivity contribution in [3.05, 3.63) is 58.6 Å². The van der Waals surface area contributed by atoms with Crippen LogP contribution in [-0.2, 0) is 0 Å². The number of hydrogen-bond acceptors (Lipinski definition) is 6. The average Bonchev–Trinajstić information content (AvgIpc) is 2.94. The SMILES string of the molecule is O=[N+]([O-])c1cccc(OCCSc2nc3ccccc3o2)c1. The molecular formula is C15H12N2O4S. The molecule has 22 heavy (non-hydrogen) atoms. The maximum atomic E-state index is 10.7. The van der Waals surface area contributed by atoms with Gasteiger partial charge in [-0.2, -0.15) is 0 Å². The lowest BCUT2D eigenvalue weighted by Crippen LogP contribution is -2.00. The van der Waals surface area contributed by atoms with E-state index in [2.05, 4.69) is 4.98 Å². The van der Waals surface area contributed by atoms with E-state index in [1.54, 1.807) is 12.1 Å². The maximum absolute atomic E-state index is 10.7. The molecule has 112 valence electrons. The zero-order valence-corrected chi connectivity index (χ0v) is 12.3. The Labute approximate surface area is 130 Å². The summed E-state index contributed by atoms with van der Waals surface area (Å²) in [4.78, 5) is 14.6. The van der Waals surface area contributed by atoms with E-state index in [1.165, 1.54) is 23.9 Å². The first-order valence-corrected chi connectivity index (χ1v) is 7.56. The van der Waals surface area contributed by atoms with Gasteiger partial charge in [-0.25, -0.2) is 4.98 Å². The molecule has 3 aromatic rings. The molecule has 0 aliphatic rings. The second kappa shape index (κ2) is 6.48. The van der Waals surface area contributed by atoms with E-state index in [4.69, 9.17) is 9.15 Å². The average molecular weight is 316 g/mol. The third kappa shape index (κ3) is 3.37. The molecule has 0 aliphatic carbocycles. The number of thioether (sulfide) groups is 1. The third-order valence-electron chi connectivity index (χ3n) is 2.88. The number of oxazole rings is 1. The fourth-order valence-electron chi connectivity index (χ4n) is 1.89. The molecule has 7 heteroatoms. The van der Waals surface area contributed by atoms with Crippen LogP contribution in [0.2, 0.25) is 0 Å². The molecule has 0 fully saturated rings. The number of non-ortho nitro benzene ring substituents is 1. The number of rotatable bonds is 6. The summed E-state index contributed by atoms with van der Waals surface area (Å²) < 4.78 is 11.1. The Morgan fingerprint density at radius 2 is 2.09 bits per heavy atom. The van der Waals surface area contributed by atoms with Crippen molar-refractivity contribution >= 4 is 28.5 Å². The molecule has 0 aliphatic heterocycles. The number of nitro benzene ring substituents is 1. The van der Waals surface area contributed by atoms with Gasteiger partial charge in [0.15, 0.2) is 5.58 Å². The number of fused-ring (bicyclic) bond motifs is 1. The van der Waals surface area contributed by atoms with Gasteiger partial charge in [0, 0.05) is 11.8 Å². The number of para-hydroxylation sites is 2. The van der Waals surface area contributed by atoms with Gasteiger partial charge in [-0.1, -0.05) is 30.0 Å². The highest BCUT2D eigenvalue weighted by molar-refractivity contribution is 7.99. The predicted molar refractivity (Wildman–Crippen MR) is 83.3 cm³/mol. The van der Waals surface area contributed by atoms with Gasteiger partial charge in [0.2, 0.25) is 0 Å². The fraction of sp³-hybridized carbons (Fsp3) is 0.133. The van der Waals surface area contributed by atoms with Crippen LogP contribution in [0.1, 0.15) is 0 Å². The molecule has 6 nitrogen and oxygen atoms in total. The van der Waals surface area contributed by atoms with Crippen molar-refractivity contribution < 1.29 is 14.1 Å². The van der Waals surface area contributed by atoms with Gasteiger partial charge in [0.25, 0.3) is 10.9 Å². The summed E-state index contributed by atoms with van der Waals surface area (Å²) in [6.07, 6.45) is 0. The second-order valence-electron chi connectivity index (χ2n) is 4.40. The highest BCUT2D eigenvalue weighted by Gasteiger charge is 2.07. The van der Waals surface area contributed by atoms with Crippen LogP contribution in [-0.4, -0.2) is 22.3 Å². The van der Waals surface area contributed by atoms with Crippen LogP contribution >= 0.6 is 11.8 Å². The molecule has 0 N–H and O–H groups in total. The van der Waals surface area contributed by atoms with Crippen LogP contribution in [0.25, 0.3) is 11.1 Å². The largest absolute Gasteiger partial charge is 0.492 e. The lowest BCUT2D eigenvalue weighted by atomic mass is 10.3. The fourth-order valence-corrected chi connectivity index (χ4v) is 2.54. The maximum Gasteiger partial charge on any atom is 0.273 e. The first-order chi connectivity index (χ1) is 10.7. The molecule has 0 unspecified atom stereocenters. The summed E-state index contributed by atoms with van der Waals surface area (Å²) in [5.74, 6) is 1.11.